The molecule has 0 spiro atoms. The van der Waals surface area contributed by atoms with Crippen LogP contribution in [-0.4, -0.2) is 28.1 Å². The summed E-state index contributed by atoms with van der Waals surface area (Å²) in [6.07, 6.45) is 1.99. The third-order valence-electron chi connectivity index (χ3n) is 4.30. The first-order chi connectivity index (χ1) is 13.0. The highest BCUT2D eigenvalue weighted by atomic mass is 16.5. The first kappa shape index (κ1) is 18.5. The van der Waals surface area contributed by atoms with Gasteiger partial charge < -0.3 is 4.74 Å². The number of aromatic nitrogens is 2. The van der Waals surface area contributed by atoms with Crippen molar-refractivity contribution in [3.05, 3.63) is 75.7 Å². The predicted octanol–water partition coefficient (Wildman–Crippen LogP) is 2.93. The van der Waals surface area contributed by atoms with Crippen molar-refractivity contribution >= 4 is 22.5 Å². The Kier molecular flexibility index (Phi) is 5.45. The Morgan fingerprint density at radius 3 is 2.37 bits per heavy atom. The maximum Gasteiger partial charge on any atom is 0.359 e. The van der Waals surface area contributed by atoms with E-state index >= 15 is 0 Å². The molecule has 3 rings (SSSR count). The summed E-state index contributed by atoms with van der Waals surface area (Å²) in [4.78, 5) is 36.8. The zero-order chi connectivity index (χ0) is 19.4. The van der Waals surface area contributed by atoms with Crippen LogP contribution in [0.2, 0.25) is 0 Å². The van der Waals surface area contributed by atoms with Crippen LogP contribution in [0.4, 0.5) is 0 Å². The number of aryl methyl sites for hydroxylation is 2. The average Bonchev–Trinajstić information content (AvgIpc) is 2.69. The van der Waals surface area contributed by atoms with Gasteiger partial charge in [0.2, 0.25) is 0 Å². The number of ether oxygens (including phenoxy) is 1. The average molecular weight is 364 g/mol. The van der Waals surface area contributed by atoms with Crippen LogP contribution >= 0.6 is 0 Å². The molecule has 0 radical (unpaired) electrons. The van der Waals surface area contributed by atoms with Gasteiger partial charge in [-0.2, -0.15) is 5.10 Å². The number of Topliss-reactive ketones (excluding diaryl/α,β-unsaturated/α-hetero) is 1. The summed E-state index contributed by atoms with van der Waals surface area (Å²) in [7, 11) is 1.47. The van der Waals surface area contributed by atoms with Gasteiger partial charge in [-0.15, -0.1) is 0 Å². The summed E-state index contributed by atoms with van der Waals surface area (Å²) < 4.78 is 6.25. The van der Waals surface area contributed by atoms with E-state index in [4.69, 9.17) is 4.74 Å². The lowest BCUT2D eigenvalue weighted by Gasteiger charge is -2.08. The van der Waals surface area contributed by atoms with Gasteiger partial charge in [-0.3, -0.25) is 9.59 Å². The summed E-state index contributed by atoms with van der Waals surface area (Å²) in [6, 6.07) is 14.0. The van der Waals surface area contributed by atoms with Crippen LogP contribution in [0.15, 0.2) is 53.3 Å². The van der Waals surface area contributed by atoms with Crippen LogP contribution < -0.4 is 5.56 Å². The first-order valence-electron chi connectivity index (χ1n) is 8.76. The molecule has 0 fully saturated rings. The standard InChI is InChI=1S/C21H20N2O4/c1-3-6-14-9-11-15(12-10-14)18(24)13-27-21(26)19-16-7-4-5-8-17(16)20(25)23(2)22-19/h4-5,7-12H,3,6,13H2,1-2H3. The van der Waals surface area contributed by atoms with E-state index in [1.165, 1.54) is 7.05 Å². The minimum Gasteiger partial charge on any atom is -0.452 e. The molecule has 1 aromatic heterocycles. The molecule has 0 saturated carbocycles. The maximum absolute atomic E-state index is 12.4. The summed E-state index contributed by atoms with van der Waals surface area (Å²) in [5, 5.41) is 4.78. The van der Waals surface area contributed by atoms with Crippen molar-refractivity contribution in [3.63, 3.8) is 0 Å². The van der Waals surface area contributed by atoms with Gasteiger partial charge in [0.05, 0.1) is 5.39 Å². The van der Waals surface area contributed by atoms with E-state index in [9.17, 15) is 14.4 Å². The predicted molar refractivity (Wildman–Crippen MR) is 102 cm³/mol. The number of carbonyl (C=O) groups is 2. The molecule has 0 bridgehead atoms. The normalized spacial score (nSPS) is 10.7. The van der Waals surface area contributed by atoms with Gasteiger partial charge >= 0.3 is 5.97 Å². The smallest absolute Gasteiger partial charge is 0.359 e. The molecule has 0 amide bonds. The Balaban J connectivity index is 1.76. The number of nitrogens with zero attached hydrogens (tertiary/aromatic N) is 2. The number of carbonyl (C=O) groups excluding carboxylic acids is 2. The molecule has 0 aliphatic rings. The van der Waals surface area contributed by atoms with E-state index in [2.05, 4.69) is 12.0 Å². The first-order valence-corrected chi connectivity index (χ1v) is 8.76. The number of hydrogen-bond donors (Lipinski definition) is 0. The van der Waals surface area contributed by atoms with Gasteiger partial charge in [-0.1, -0.05) is 55.8 Å². The Morgan fingerprint density at radius 2 is 1.70 bits per heavy atom. The van der Waals surface area contributed by atoms with E-state index in [0.717, 1.165) is 23.1 Å². The number of ketones is 1. The molecule has 0 saturated heterocycles. The minimum atomic E-state index is -0.738. The van der Waals surface area contributed by atoms with Crippen LogP contribution in [0.3, 0.4) is 0 Å². The van der Waals surface area contributed by atoms with Gasteiger partial charge in [0.15, 0.2) is 18.1 Å². The molecule has 6 heteroatoms. The zero-order valence-electron chi connectivity index (χ0n) is 15.3. The maximum atomic E-state index is 12.4. The largest absolute Gasteiger partial charge is 0.452 e. The van der Waals surface area contributed by atoms with Crippen LogP contribution in [-0.2, 0) is 18.2 Å². The zero-order valence-corrected chi connectivity index (χ0v) is 15.3. The topological polar surface area (TPSA) is 78.3 Å². The summed E-state index contributed by atoms with van der Waals surface area (Å²) in [5.74, 6) is -1.03. The van der Waals surface area contributed by atoms with Crippen LogP contribution in [0.5, 0.6) is 0 Å². The van der Waals surface area contributed by atoms with E-state index in [1.807, 2.05) is 12.1 Å². The van der Waals surface area contributed by atoms with Crippen molar-refractivity contribution in [2.24, 2.45) is 7.05 Å². The molecule has 2 aromatic carbocycles. The molecule has 1 heterocycles. The number of fused-ring (bicyclic) bond motifs is 1. The lowest BCUT2D eigenvalue weighted by Crippen LogP contribution is -2.24. The highest BCUT2D eigenvalue weighted by Crippen LogP contribution is 2.14. The minimum absolute atomic E-state index is 0.0128. The highest BCUT2D eigenvalue weighted by molar-refractivity contribution is 6.04. The van der Waals surface area contributed by atoms with Gasteiger partial charge in [-0.05, 0) is 18.1 Å². The Hall–Kier alpha value is -3.28. The van der Waals surface area contributed by atoms with Crippen molar-refractivity contribution in [2.45, 2.75) is 19.8 Å². The van der Waals surface area contributed by atoms with Gasteiger partial charge in [0.25, 0.3) is 5.56 Å². The van der Waals surface area contributed by atoms with Crippen LogP contribution in [0, 0.1) is 0 Å². The van der Waals surface area contributed by atoms with Crippen LogP contribution in [0.1, 0.15) is 39.8 Å². The molecule has 6 nitrogen and oxygen atoms in total. The number of rotatable bonds is 6. The Labute approximate surface area is 156 Å². The SMILES string of the molecule is CCCc1ccc(C(=O)COC(=O)c2nn(C)c(=O)c3ccccc23)cc1. The molecule has 0 N–H and O–H groups in total. The third-order valence-corrected chi connectivity index (χ3v) is 4.30. The van der Waals surface area contributed by atoms with E-state index in [1.54, 1.807) is 36.4 Å². The fourth-order valence-electron chi connectivity index (χ4n) is 2.88. The fourth-order valence-corrected chi connectivity index (χ4v) is 2.88. The third kappa shape index (κ3) is 3.95. The van der Waals surface area contributed by atoms with Crippen LogP contribution in [0.25, 0.3) is 10.8 Å². The highest BCUT2D eigenvalue weighted by Gasteiger charge is 2.18. The quantitative estimate of drug-likeness (QED) is 0.496. The monoisotopic (exact) mass is 364 g/mol. The molecule has 27 heavy (non-hydrogen) atoms. The van der Waals surface area contributed by atoms with Gasteiger partial charge in [0, 0.05) is 18.0 Å². The molecular formula is C21H20N2O4. The summed E-state index contributed by atoms with van der Waals surface area (Å²) in [6.45, 7) is 1.71. The molecule has 0 atom stereocenters. The van der Waals surface area contributed by atoms with E-state index in [-0.39, 0.29) is 23.6 Å². The molecule has 0 aliphatic heterocycles. The van der Waals surface area contributed by atoms with E-state index < -0.39 is 5.97 Å². The number of esters is 1. The molecule has 0 unspecified atom stereocenters. The summed E-state index contributed by atoms with van der Waals surface area (Å²) >= 11 is 0. The fraction of sp³-hybridized carbons (Fsp3) is 0.238. The van der Waals surface area contributed by atoms with E-state index in [0.29, 0.717) is 16.3 Å². The van der Waals surface area contributed by atoms with Crippen molar-refractivity contribution in [1.29, 1.82) is 0 Å². The number of hydrogen-bond acceptors (Lipinski definition) is 5. The summed E-state index contributed by atoms with van der Waals surface area (Å²) in [5.41, 5.74) is 1.36. The lowest BCUT2D eigenvalue weighted by atomic mass is 10.1. The number of benzene rings is 2. The van der Waals surface area contributed by atoms with Crippen molar-refractivity contribution in [2.75, 3.05) is 6.61 Å². The second-order valence-corrected chi connectivity index (χ2v) is 6.27. The molecule has 3 aromatic rings. The molecular weight excluding hydrogens is 344 g/mol. The molecule has 0 aliphatic carbocycles. The molecule has 138 valence electrons. The second kappa shape index (κ2) is 7.95. The van der Waals surface area contributed by atoms with Gasteiger partial charge in [0.1, 0.15) is 0 Å². The Morgan fingerprint density at radius 1 is 1.04 bits per heavy atom. The lowest BCUT2D eigenvalue weighted by molar-refractivity contribution is 0.0469. The Bertz CT molecular complexity index is 1050. The van der Waals surface area contributed by atoms with Crippen molar-refractivity contribution < 1.29 is 14.3 Å². The van der Waals surface area contributed by atoms with Gasteiger partial charge in [-0.25, -0.2) is 9.48 Å². The van der Waals surface area contributed by atoms with Crippen molar-refractivity contribution in [1.82, 2.24) is 9.78 Å². The van der Waals surface area contributed by atoms with Crippen molar-refractivity contribution in [3.8, 4) is 0 Å². The second-order valence-electron chi connectivity index (χ2n) is 6.27.